The van der Waals surface area contributed by atoms with Crippen molar-refractivity contribution >= 4 is 52.1 Å². The molecule has 1 aliphatic carbocycles. The van der Waals surface area contributed by atoms with Crippen LogP contribution in [0.25, 0.3) is 6.08 Å². The van der Waals surface area contributed by atoms with Crippen molar-refractivity contribution in [2.75, 3.05) is 24.9 Å². The number of carbonyl (C=O) groups is 2. The second kappa shape index (κ2) is 9.67. The monoisotopic (exact) mass is 471 g/mol. The molecule has 0 saturated heterocycles. The van der Waals surface area contributed by atoms with Gasteiger partial charge in [0.15, 0.2) is 5.17 Å². The Balaban J connectivity index is 1.62. The Kier molecular flexibility index (Phi) is 6.72. The predicted molar refractivity (Wildman–Crippen MR) is 128 cm³/mol. The van der Waals surface area contributed by atoms with Crippen molar-refractivity contribution in [2.45, 2.75) is 18.9 Å². The molecule has 166 valence electrons. The second-order valence-electron chi connectivity index (χ2n) is 7.29. The van der Waals surface area contributed by atoms with Gasteiger partial charge in [-0.05, 0) is 48.7 Å². The van der Waals surface area contributed by atoms with E-state index in [4.69, 9.17) is 21.1 Å². The topological polar surface area (TPSA) is 80.2 Å². The van der Waals surface area contributed by atoms with Gasteiger partial charge in [0.25, 0.3) is 5.91 Å². The number of halogens is 1. The normalized spacial score (nSPS) is 16.8. The fourth-order valence-corrected chi connectivity index (χ4v) is 4.11. The number of methoxy groups -OCH3 is 2. The molecule has 2 aromatic carbocycles. The Morgan fingerprint density at radius 3 is 2.62 bits per heavy atom. The zero-order valence-electron chi connectivity index (χ0n) is 17.6. The molecule has 0 atom stereocenters. The molecule has 0 unspecified atom stereocenters. The van der Waals surface area contributed by atoms with Gasteiger partial charge >= 0.3 is 0 Å². The maximum atomic E-state index is 13.3. The first-order valence-electron chi connectivity index (χ1n) is 10.0. The van der Waals surface area contributed by atoms with Crippen LogP contribution in [0.5, 0.6) is 11.5 Å². The molecule has 0 aromatic heterocycles. The summed E-state index contributed by atoms with van der Waals surface area (Å²) < 4.78 is 10.5. The summed E-state index contributed by atoms with van der Waals surface area (Å²) in [5.41, 5.74) is 1.64. The van der Waals surface area contributed by atoms with Gasteiger partial charge in [-0.15, -0.1) is 0 Å². The minimum Gasteiger partial charge on any atom is -0.497 e. The van der Waals surface area contributed by atoms with Crippen molar-refractivity contribution in [1.82, 2.24) is 5.32 Å². The summed E-state index contributed by atoms with van der Waals surface area (Å²) in [4.78, 5) is 31.5. The third-order valence-corrected chi connectivity index (χ3v) is 6.17. The molecule has 0 bridgehead atoms. The molecule has 2 aromatic rings. The number of benzene rings is 2. The summed E-state index contributed by atoms with van der Waals surface area (Å²) in [6.07, 6.45) is 3.74. The number of ether oxygens (including phenoxy) is 2. The lowest BCUT2D eigenvalue weighted by atomic mass is 10.2. The van der Waals surface area contributed by atoms with Gasteiger partial charge < -0.3 is 14.8 Å². The highest BCUT2D eigenvalue weighted by molar-refractivity contribution is 8.14. The third-order valence-electron chi connectivity index (χ3n) is 4.92. The number of thioether (sulfide) groups is 1. The number of rotatable bonds is 7. The molecule has 1 aliphatic heterocycles. The van der Waals surface area contributed by atoms with Crippen LogP contribution in [-0.4, -0.2) is 43.0 Å². The van der Waals surface area contributed by atoms with Gasteiger partial charge in [-0.25, -0.2) is 4.99 Å². The Morgan fingerprint density at radius 1 is 1.22 bits per heavy atom. The summed E-state index contributed by atoms with van der Waals surface area (Å²) in [5.74, 6) is 0.963. The molecule has 2 amide bonds. The Labute approximate surface area is 195 Å². The zero-order chi connectivity index (χ0) is 22.7. The van der Waals surface area contributed by atoms with E-state index in [1.165, 1.54) is 23.8 Å². The SMILES string of the molecule is COc1ccc(C=C2N=C(SCC(=O)NC3CC3)N(c3ccc(Cl)c(OC)c3)C2=O)cc1. The Morgan fingerprint density at radius 2 is 1.97 bits per heavy atom. The number of nitrogens with one attached hydrogen (secondary N) is 1. The molecule has 2 aliphatic rings. The summed E-state index contributed by atoms with van der Waals surface area (Å²) in [5, 5.41) is 3.81. The van der Waals surface area contributed by atoms with Crippen molar-refractivity contribution in [2.24, 2.45) is 4.99 Å². The van der Waals surface area contributed by atoms with E-state index in [0.717, 1.165) is 24.2 Å². The van der Waals surface area contributed by atoms with Crippen molar-refractivity contribution in [1.29, 1.82) is 0 Å². The number of nitrogens with zero attached hydrogens (tertiary/aromatic N) is 2. The molecule has 9 heteroatoms. The maximum absolute atomic E-state index is 13.3. The molecular weight excluding hydrogens is 450 g/mol. The lowest BCUT2D eigenvalue weighted by molar-refractivity contribution is -0.118. The van der Waals surface area contributed by atoms with Crippen LogP contribution in [0.3, 0.4) is 0 Å². The number of anilines is 1. The van der Waals surface area contributed by atoms with E-state index in [-0.39, 0.29) is 29.3 Å². The minimum atomic E-state index is -0.296. The molecule has 1 heterocycles. The van der Waals surface area contributed by atoms with Crippen molar-refractivity contribution in [3.05, 3.63) is 58.7 Å². The van der Waals surface area contributed by atoms with Crippen molar-refractivity contribution in [3.8, 4) is 11.5 Å². The molecule has 1 fully saturated rings. The molecular formula is C23H22ClN3O4S. The van der Waals surface area contributed by atoms with Gasteiger partial charge in [-0.3, -0.25) is 14.5 Å². The first-order chi connectivity index (χ1) is 15.5. The van der Waals surface area contributed by atoms with E-state index < -0.39 is 0 Å². The second-order valence-corrected chi connectivity index (χ2v) is 8.64. The van der Waals surface area contributed by atoms with Crippen LogP contribution in [0.2, 0.25) is 5.02 Å². The summed E-state index contributed by atoms with van der Waals surface area (Å²) in [7, 11) is 3.11. The first kappa shape index (κ1) is 22.2. The van der Waals surface area contributed by atoms with Crippen LogP contribution in [-0.2, 0) is 9.59 Å². The van der Waals surface area contributed by atoms with E-state index >= 15 is 0 Å². The van der Waals surface area contributed by atoms with Crippen LogP contribution < -0.4 is 19.7 Å². The van der Waals surface area contributed by atoms with Gasteiger partial charge in [0.2, 0.25) is 5.91 Å². The highest BCUT2D eigenvalue weighted by Crippen LogP contribution is 2.34. The van der Waals surface area contributed by atoms with E-state index in [9.17, 15) is 9.59 Å². The van der Waals surface area contributed by atoms with Gasteiger partial charge in [0.1, 0.15) is 17.2 Å². The smallest absolute Gasteiger partial charge is 0.283 e. The summed E-state index contributed by atoms with van der Waals surface area (Å²) in [6, 6.07) is 12.7. The quantitative estimate of drug-likeness (QED) is 0.614. The number of hydrogen-bond acceptors (Lipinski definition) is 6. The average molecular weight is 472 g/mol. The molecule has 7 nitrogen and oxygen atoms in total. The van der Waals surface area contributed by atoms with E-state index in [0.29, 0.717) is 21.6 Å². The van der Waals surface area contributed by atoms with Gasteiger partial charge in [0, 0.05) is 12.1 Å². The van der Waals surface area contributed by atoms with Crippen LogP contribution in [0.1, 0.15) is 18.4 Å². The van der Waals surface area contributed by atoms with Crippen LogP contribution in [0, 0.1) is 0 Å². The number of aliphatic imine (C=N–C) groups is 1. The molecule has 0 spiro atoms. The lowest BCUT2D eigenvalue weighted by Gasteiger charge is -2.19. The van der Waals surface area contributed by atoms with Crippen molar-refractivity contribution < 1.29 is 19.1 Å². The highest BCUT2D eigenvalue weighted by Gasteiger charge is 2.33. The zero-order valence-corrected chi connectivity index (χ0v) is 19.2. The van der Waals surface area contributed by atoms with E-state index in [2.05, 4.69) is 10.3 Å². The molecule has 1 saturated carbocycles. The van der Waals surface area contributed by atoms with Gasteiger partial charge in [0.05, 0.1) is 30.7 Å². The maximum Gasteiger partial charge on any atom is 0.283 e. The summed E-state index contributed by atoms with van der Waals surface area (Å²) in [6.45, 7) is 0. The summed E-state index contributed by atoms with van der Waals surface area (Å²) >= 11 is 7.37. The molecule has 4 rings (SSSR count). The number of amides is 2. The largest absolute Gasteiger partial charge is 0.497 e. The fraction of sp³-hybridized carbons (Fsp3) is 0.261. The van der Waals surface area contributed by atoms with E-state index in [1.54, 1.807) is 31.4 Å². The van der Waals surface area contributed by atoms with Gasteiger partial charge in [-0.2, -0.15) is 0 Å². The van der Waals surface area contributed by atoms with Gasteiger partial charge in [-0.1, -0.05) is 35.5 Å². The molecule has 0 radical (unpaired) electrons. The molecule has 32 heavy (non-hydrogen) atoms. The lowest BCUT2D eigenvalue weighted by Crippen LogP contribution is -2.32. The average Bonchev–Trinajstić information content (AvgIpc) is 3.56. The van der Waals surface area contributed by atoms with E-state index in [1.807, 2.05) is 24.3 Å². The van der Waals surface area contributed by atoms with Crippen LogP contribution in [0.4, 0.5) is 5.69 Å². The number of carbonyl (C=O) groups excluding carboxylic acids is 2. The highest BCUT2D eigenvalue weighted by atomic mass is 35.5. The number of hydrogen-bond donors (Lipinski definition) is 1. The Bertz CT molecular complexity index is 1100. The predicted octanol–water partition coefficient (Wildman–Crippen LogP) is 4.11. The first-order valence-corrected chi connectivity index (χ1v) is 11.4. The van der Waals surface area contributed by atoms with Crippen LogP contribution >= 0.6 is 23.4 Å². The third kappa shape index (κ3) is 5.08. The fourth-order valence-electron chi connectivity index (χ4n) is 3.09. The standard InChI is InChI=1S/C23H22ClN3O4S/c1-30-17-8-3-14(4-9-17)11-19-22(29)27(16-7-10-18(24)20(12-16)31-2)23(26-19)32-13-21(28)25-15-5-6-15/h3-4,7-12,15H,5-6,13H2,1-2H3,(H,25,28). The van der Waals surface area contributed by atoms with Crippen LogP contribution in [0.15, 0.2) is 53.2 Å². The Hall–Kier alpha value is -2.97. The molecule has 1 N–H and O–H groups in total. The number of amidine groups is 1. The minimum absolute atomic E-state index is 0.0751. The van der Waals surface area contributed by atoms with Crippen molar-refractivity contribution in [3.63, 3.8) is 0 Å².